The van der Waals surface area contributed by atoms with Crippen molar-refractivity contribution in [3.05, 3.63) is 53.1 Å². The smallest absolute Gasteiger partial charge is 0.490 e. The fourth-order valence-electron chi connectivity index (χ4n) is 3.41. The first-order chi connectivity index (χ1) is 12.9. The monoisotopic (exact) mass is 382 g/mol. The lowest BCUT2D eigenvalue weighted by molar-refractivity contribution is -0.690. The Morgan fingerprint density at radius 1 is 1.04 bits per heavy atom. The van der Waals surface area contributed by atoms with Gasteiger partial charge in [0.25, 0.3) is 0 Å². The molecule has 0 amide bonds. The van der Waals surface area contributed by atoms with E-state index in [1.165, 1.54) is 12.1 Å². The van der Waals surface area contributed by atoms with E-state index in [0.717, 1.165) is 29.7 Å². The summed E-state index contributed by atoms with van der Waals surface area (Å²) in [6.45, 7) is 5.68. The van der Waals surface area contributed by atoms with Crippen molar-refractivity contribution in [2.75, 3.05) is 19.8 Å². The molecule has 1 aliphatic rings. The number of halogens is 3. The third-order valence-electron chi connectivity index (χ3n) is 4.41. The molecule has 3 rings (SSSR count). The first kappa shape index (κ1) is 19.4. The van der Waals surface area contributed by atoms with E-state index in [9.17, 15) is 13.2 Å². The van der Waals surface area contributed by atoms with Crippen molar-refractivity contribution < 1.29 is 32.7 Å². The number of fused-ring (bicyclic) bond motifs is 1. The average Bonchev–Trinajstić information content (AvgIpc) is 2.61. The van der Waals surface area contributed by atoms with Crippen LogP contribution in [0.3, 0.4) is 0 Å². The molecule has 146 valence electrons. The molecular weight excluding hydrogens is 359 g/mol. The third-order valence-corrected chi connectivity index (χ3v) is 4.41. The second-order valence-corrected chi connectivity index (χ2v) is 6.24. The Hall–Kier alpha value is -2.41. The van der Waals surface area contributed by atoms with Crippen molar-refractivity contribution >= 4 is 0 Å². The Balaban J connectivity index is 1.98. The topological polar surface area (TPSA) is 44.3 Å². The molecule has 0 spiro atoms. The van der Waals surface area contributed by atoms with Crippen LogP contribution in [-0.2, 0) is 6.42 Å². The number of quaternary nitrogens is 1. The third kappa shape index (κ3) is 4.66. The fourth-order valence-corrected chi connectivity index (χ4v) is 3.41. The van der Waals surface area contributed by atoms with E-state index in [2.05, 4.69) is 10.1 Å². The van der Waals surface area contributed by atoms with Crippen molar-refractivity contribution in [2.24, 2.45) is 0 Å². The molecule has 0 saturated heterocycles. The van der Waals surface area contributed by atoms with Gasteiger partial charge in [0.05, 0.1) is 19.8 Å². The number of hydrogen-bond donors (Lipinski definition) is 1. The summed E-state index contributed by atoms with van der Waals surface area (Å²) < 4.78 is 53.1. The maximum Gasteiger partial charge on any atom is 0.573 e. The first-order valence-corrected chi connectivity index (χ1v) is 9.02. The highest BCUT2D eigenvalue weighted by atomic mass is 19.4. The summed E-state index contributed by atoms with van der Waals surface area (Å²) in [6, 6.07) is 9.96. The molecule has 1 aliphatic heterocycles. The number of alkyl halides is 3. The van der Waals surface area contributed by atoms with Gasteiger partial charge in [-0.2, -0.15) is 0 Å². The van der Waals surface area contributed by atoms with Crippen LogP contribution in [0.2, 0.25) is 0 Å². The number of ether oxygens (including phenoxy) is 3. The SMILES string of the molecule is CCOc1cc2c(cc1OCC)[C@H](c1cccc(OC(F)(F)F)c1)[NH2+]CC2. The molecule has 0 saturated carbocycles. The molecule has 27 heavy (non-hydrogen) atoms. The van der Waals surface area contributed by atoms with E-state index in [1.807, 2.05) is 32.0 Å². The van der Waals surface area contributed by atoms with E-state index in [4.69, 9.17) is 9.47 Å². The Morgan fingerprint density at radius 3 is 2.41 bits per heavy atom. The summed E-state index contributed by atoms with van der Waals surface area (Å²) in [7, 11) is 0. The maximum absolute atomic E-state index is 12.5. The number of nitrogens with two attached hydrogens (primary N) is 1. The Kier molecular flexibility index (Phi) is 5.79. The van der Waals surface area contributed by atoms with Crippen molar-refractivity contribution in [2.45, 2.75) is 32.7 Å². The van der Waals surface area contributed by atoms with Gasteiger partial charge >= 0.3 is 6.36 Å². The quantitative estimate of drug-likeness (QED) is 0.831. The number of rotatable bonds is 6. The Bertz CT molecular complexity index is 793. The highest BCUT2D eigenvalue weighted by molar-refractivity contribution is 5.51. The number of benzene rings is 2. The van der Waals surface area contributed by atoms with Crippen LogP contribution in [0, 0.1) is 0 Å². The predicted molar refractivity (Wildman–Crippen MR) is 94.2 cm³/mol. The second-order valence-electron chi connectivity index (χ2n) is 6.24. The largest absolute Gasteiger partial charge is 0.573 e. The molecule has 2 aromatic carbocycles. The highest BCUT2D eigenvalue weighted by Gasteiger charge is 2.32. The van der Waals surface area contributed by atoms with E-state index in [1.54, 1.807) is 6.07 Å². The summed E-state index contributed by atoms with van der Waals surface area (Å²) in [5.41, 5.74) is 2.90. The predicted octanol–water partition coefficient (Wildman–Crippen LogP) is 3.59. The molecule has 1 atom stereocenters. The van der Waals surface area contributed by atoms with E-state index >= 15 is 0 Å². The number of hydrogen-bond acceptors (Lipinski definition) is 3. The van der Waals surface area contributed by atoms with Crippen LogP contribution in [0.1, 0.15) is 36.6 Å². The lowest BCUT2D eigenvalue weighted by Crippen LogP contribution is -2.87. The summed E-state index contributed by atoms with van der Waals surface area (Å²) in [5, 5.41) is 2.12. The normalized spacial score (nSPS) is 16.6. The molecule has 7 heteroatoms. The van der Waals surface area contributed by atoms with E-state index in [-0.39, 0.29) is 11.8 Å². The van der Waals surface area contributed by atoms with Crippen molar-refractivity contribution in [3.8, 4) is 17.2 Å². The van der Waals surface area contributed by atoms with Crippen LogP contribution >= 0.6 is 0 Å². The summed E-state index contributed by atoms with van der Waals surface area (Å²) >= 11 is 0. The molecule has 0 bridgehead atoms. The molecule has 0 aliphatic carbocycles. The van der Waals surface area contributed by atoms with E-state index in [0.29, 0.717) is 24.7 Å². The van der Waals surface area contributed by atoms with Crippen LogP contribution in [0.4, 0.5) is 13.2 Å². The molecule has 0 aromatic heterocycles. The van der Waals surface area contributed by atoms with Crippen LogP contribution in [0.15, 0.2) is 36.4 Å². The van der Waals surface area contributed by atoms with Crippen LogP contribution in [-0.4, -0.2) is 26.1 Å². The molecular formula is C20H23F3NO3+. The molecule has 0 unspecified atom stereocenters. The minimum atomic E-state index is -4.71. The van der Waals surface area contributed by atoms with E-state index < -0.39 is 6.36 Å². The first-order valence-electron chi connectivity index (χ1n) is 9.02. The van der Waals surface area contributed by atoms with Gasteiger partial charge in [0.15, 0.2) is 11.5 Å². The van der Waals surface area contributed by atoms with Crippen LogP contribution in [0.5, 0.6) is 17.2 Å². The molecule has 0 radical (unpaired) electrons. The molecule has 2 N–H and O–H groups in total. The Labute approximate surface area is 156 Å². The summed E-state index contributed by atoms with van der Waals surface area (Å²) in [5.74, 6) is 1.14. The van der Waals surface area contributed by atoms with Crippen LogP contribution < -0.4 is 19.5 Å². The Morgan fingerprint density at radius 2 is 1.74 bits per heavy atom. The summed E-state index contributed by atoms with van der Waals surface area (Å²) in [6.07, 6.45) is -3.85. The molecule has 1 heterocycles. The van der Waals surface area contributed by atoms with Crippen molar-refractivity contribution in [1.82, 2.24) is 0 Å². The molecule has 4 nitrogen and oxygen atoms in total. The fraction of sp³-hybridized carbons (Fsp3) is 0.400. The van der Waals surface area contributed by atoms with Gasteiger partial charge in [-0.15, -0.1) is 13.2 Å². The second kappa shape index (κ2) is 8.08. The van der Waals surface area contributed by atoms with Gasteiger partial charge in [0.1, 0.15) is 11.8 Å². The van der Waals surface area contributed by atoms with Crippen molar-refractivity contribution in [1.29, 1.82) is 0 Å². The zero-order chi connectivity index (χ0) is 19.4. The zero-order valence-corrected chi connectivity index (χ0v) is 15.3. The highest BCUT2D eigenvalue weighted by Crippen LogP contribution is 2.36. The van der Waals surface area contributed by atoms with Gasteiger partial charge in [-0.1, -0.05) is 12.1 Å². The standard InChI is InChI=1S/C20H22F3NO3/c1-3-25-17-11-13-8-9-24-19(16(13)12-18(17)26-4-2)14-6-5-7-15(10-14)27-20(21,22)23/h5-7,10-12,19,24H,3-4,8-9H2,1-2H3/p+1/t19-/m0/s1. The van der Waals surface area contributed by atoms with Crippen molar-refractivity contribution in [3.63, 3.8) is 0 Å². The minimum absolute atomic E-state index is 0.125. The van der Waals surface area contributed by atoms with Gasteiger partial charge in [-0.05, 0) is 43.7 Å². The van der Waals surface area contributed by atoms with Gasteiger partial charge in [-0.3, -0.25) is 0 Å². The molecule has 0 fully saturated rings. The lowest BCUT2D eigenvalue weighted by Gasteiger charge is -2.26. The summed E-state index contributed by atoms with van der Waals surface area (Å²) in [4.78, 5) is 0. The average molecular weight is 382 g/mol. The van der Waals surface area contributed by atoms with Gasteiger partial charge in [-0.25, -0.2) is 0 Å². The molecule has 2 aromatic rings. The maximum atomic E-state index is 12.5. The van der Waals surface area contributed by atoms with Gasteiger partial charge in [0.2, 0.25) is 0 Å². The van der Waals surface area contributed by atoms with Gasteiger partial charge < -0.3 is 19.5 Å². The lowest BCUT2D eigenvalue weighted by atomic mass is 9.89. The zero-order valence-electron chi connectivity index (χ0n) is 15.3. The minimum Gasteiger partial charge on any atom is -0.490 e. The van der Waals surface area contributed by atoms with Crippen LogP contribution in [0.25, 0.3) is 0 Å². The van der Waals surface area contributed by atoms with Gasteiger partial charge in [0, 0.05) is 17.5 Å².